The van der Waals surface area contributed by atoms with E-state index in [1.807, 2.05) is 30.3 Å². The van der Waals surface area contributed by atoms with E-state index in [4.69, 9.17) is 28.3 Å². The predicted octanol–water partition coefficient (Wildman–Crippen LogP) is 3.73. The monoisotopic (exact) mass is 374 g/mol. The summed E-state index contributed by atoms with van der Waals surface area (Å²) in [7, 11) is -3.95. The average molecular weight is 375 g/mol. The van der Waals surface area contributed by atoms with Crippen LogP contribution >= 0.6 is 23.6 Å². The van der Waals surface area contributed by atoms with Crippen LogP contribution in [0, 0.1) is 0 Å². The number of sulfonamides is 1. The number of hydrogen-bond donors (Lipinski definition) is 1. The van der Waals surface area contributed by atoms with Gasteiger partial charge in [-0.2, -0.15) is 0 Å². The molecule has 1 amide bonds. The van der Waals surface area contributed by atoms with E-state index in [2.05, 4.69) is 5.32 Å². The Morgan fingerprint density at radius 3 is 2.22 bits per heavy atom. The van der Waals surface area contributed by atoms with Gasteiger partial charge in [-0.05, 0) is 33.2 Å². The molecule has 1 N–H and O–H groups in total. The summed E-state index contributed by atoms with van der Waals surface area (Å²) in [5, 5.41) is 2.48. The number of carbonyl (C=O) groups excluding carboxylic acids is 1. The zero-order chi connectivity index (χ0) is 16.9. The standard InChI is InChI=1S/C14H12Cl2N2O4S/c15-18(16)23(20,21)13-8-6-12(7-9-13)17-14(19)22-10-11-4-2-1-3-5-11/h1-9H,10H2,(H,17,19). The van der Waals surface area contributed by atoms with E-state index in [1.165, 1.54) is 24.3 Å². The third kappa shape index (κ3) is 4.84. The molecule has 2 aromatic rings. The van der Waals surface area contributed by atoms with Crippen LogP contribution in [0.15, 0.2) is 59.5 Å². The quantitative estimate of drug-likeness (QED) is 0.808. The molecule has 0 unspecified atom stereocenters. The molecule has 2 aromatic carbocycles. The van der Waals surface area contributed by atoms with E-state index in [9.17, 15) is 13.2 Å². The lowest BCUT2D eigenvalue weighted by Crippen LogP contribution is -2.14. The number of amides is 1. The Hall–Kier alpha value is -1.80. The van der Waals surface area contributed by atoms with Gasteiger partial charge in [-0.3, -0.25) is 5.32 Å². The van der Waals surface area contributed by atoms with Crippen LogP contribution in [-0.4, -0.2) is 17.9 Å². The highest BCUT2D eigenvalue weighted by Crippen LogP contribution is 2.21. The van der Waals surface area contributed by atoms with Crippen LogP contribution < -0.4 is 5.32 Å². The van der Waals surface area contributed by atoms with Crippen LogP contribution in [0.4, 0.5) is 10.5 Å². The van der Waals surface area contributed by atoms with Crippen LogP contribution in [0.25, 0.3) is 0 Å². The van der Waals surface area contributed by atoms with Crippen molar-refractivity contribution in [1.29, 1.82) is 0 Å². The van der Waals surface area contributed by atoms with Crippen molar-refractivity contribution in [2.45, 2.75) is 11.5 Å². The molecular weight excluding hydrogens is 363 g/mol. The fraction of sp³-hybridized carbons (Fsp3) is 0.0714. The summed E-state index contributed by atoms with van der Waals surface area (Å²) in [6, 6.07) is 14.5. The molecule has 0 saturated heterocycles. The van der Waals surface area contributed by atoms with Crippen molar-refractivity contribution in [2.75, 3.05) is 5.32 Å². The average Bonchev–Trinajstić information content (AvgIpc) is 2.54. The van der Waals surface area contributed by atoms with Crippen molar-refractivity contribution in [3.05, 3.63) is 60.2 Å². The molecule has 122 valence electrons. The van der Waals surface area contributed by atoms with Gasteiger partial charge in [0.15, 0.2) is 0 Å². The molecule has 0 saturated carbocycles. The number of ether oxygens (including phenoxy) is 1. The molecule has 6 nitrogen and oxygen atoms in total. The Balaban J connectivity index is 1.94. The van der Waals surface area contributed by atoms with Gasteiger partial charge >= 0.3 is 6.09 Å². The fourth-order valence-electron chi connectivity index (χ4n) is 1.67. The first-order valence-electron chi connectivity index (χ1n) is 6.34. The zero-order valence-corrected chi connectivity index (χ0v) is 14.0. The highest BCUT2D eigenvalue weighted by Gasteiger charge is 2.21. The Bertz CT molecular complexity index is 765. The van der Waals surface area contributed by atoms with E-state index < -0.39 is 16.1 Å². The molecule has 0 radical (unpaired) electrons. The third-order valence-electron chi connectivity index (χ3n) is 2.79. The summed E-state index contributed by atoms with van der Waals surface area (Å²) < 4.78 is 28.5. The topological polar surface area (TPSA) is 75.7 Å². The van der Waals surface area contributed by atoms with Crippen LogP contribution in [0.3, 0.4) is 0 Å². The minimum atomic E-state index is -3.95. The highest BCUT2D eigenvalue weighted by molar-refractivity contribution is 7.91. The Morgan fingerprint density at radius 2 is 1.65 bits per heavy atom. The van der Waals surface area contributed by atoms with E-state index in [0.717, 1.165) is 5.56 Å². The van der Waals surface area contributed by atoms with Crippen molar-refractivity contribution in [3.8, 4) is 0 Å². The fourth-order valence-corrected chi connectivity index (χ4v) is 2.78. The van der Waals surface area contributed by atoms with E-state index in [-0.39, 0.29) is 14.8 Å². The number of rotatable bonds is 5. The SMILES string of the molecule is O=C(Nc1ccc(S(=O)(=O)N(Cl)Cl)cc1)OCc1ccccc1. The second kappa shape index (κ2) is 7.65. The number of halogens is 2. The maximum Gasteiger partial charge on any atom is 0.411 e. The molecule has 9 heteroatoms. The first kappa shape index (κ1) is 17.6. The van der Waals surface area contributed by atoms with Gasteiger partial charge in [0.25, 0.3) is 10.0 Å². The van der Waals surface area contributed by atoms with Crippen LogP contribution in [0.1, 0.15) is 5.56 Å². The number of anilines is 1. The predicted molar refractivity (Wildman–Crippen MR) is 87.4 cm³/mol. The smallest absolute Gasteiger partial charge is 0.411 e. The first-order valence-corrected chi connectivity index (χ1v) is 8.46. The van der Waals surface area contributed by atoms with E-state index in [0.29, 0.717) is 5.69 Å². The highest BCUT2D eigenvalue weighted by atomic mass is 35.5. The first-order chi connectivity index (χ1) is 10.9. The third-order valence-corrected chi connectivity index (χ3v) is 5.11. The van der Waals surface area contributed by atoms with Gasteiger partial charge in [0.2, 0.25) is 0 Å². The minimum Gasteiger partial charge on any atom is -0.444 e. The van der Waals surface area contributed by atoms with Gasteiger partial charge < -0.3 is 4.74 Å². The second-order valence-electron chi connectivity index (χ2n) is 4.39. The molecule has 0 fully saturated rings. The molecule has 0 bridgehead atoms. The van der Waals surface area contributed by atoms with Crippen molar-refractivity contribution >= 4 is 45.4 Å². The molecule has 23 heavy (non-hydrogen) atoms. The van der Waals surface area contributed by atoms with Gasteiger partial charge in [-0.15, -0.1) is 0 Å². The normalized spacial score (nSPS) is 11.3. The maximum absolute atomic E-state index is 11.7. The molecule has 2 rings (SSSR count). The Morgan fingerprint density at radius 1 is 1.04 bits per heavy atom. The van der Waals surface area contributed by atoms with Crippen LogP contribution in [0.2, 0.25) is 0 Å². The number of nitrogens with zero attached hydrogens (tertiary/aromatic N) is 1. The van der Waals surface area contributed by atoms with Crippen molar-refractivity contribution in [3.63, 3.8) is 0 Å². The summed E-state index contributed by atoms with van der Waals surface area (Å²) >= 11 is 10.5. The summed E-state index contributed by atoms with van der Waals surface area (Å²) in [4.78, 5) is 11.6. The summed E-state index contributed by atoms with van der Waals surface area (Å²) in [6.07, 6.45) is -0.652. The molecule has 0 aliphatic carbocycles. The number of nitrogens with one attached hydrogen (secondary N) is 1. The lowest BCUT2D eigenvalue weighted by molar-refractivity contribution is 0.155. The zero-order valence-electron chi connectivity index (χ0n) is 11.6. The van der Waals surface area contributed by atoms with Crippen molar-refractivity contribution in [1.82, 2.24) is 3.34 Å². The Labute approximate surface area is 143 Å². The Kier molecular flexibility index (Phi) is 5.84. The number of carbonyl (C=O) groups is 1. The largest absolute Gasteiger partial charge is 0.444 e. The minimum absolute atomic E-state index is 0.0730. The molecule has 0 spiro atoms. The molecule has 0 aliphatic rings. The lowest BCUT2D eigenvalue weighted by Gasteiger charge is -2.09. The van der Waals surface area contributed by atoms with E-state index >= 15 is 0 Å². The molecule has 0 aromatic heterocycles. The van der Waals surface area contributed by atoms with Gasteiger partial charge in [-0.25, -0.2) is 13.2 Å². The van der Waals surface area contributed by atoms with Crippen LogP contribution in [0.5, 0.6) is 0 Å². The van der Waals surface area contributed by atoms with Crippen LogP contribution in [-0.2, 0) is 21.4 Å². The second-order valence-corrected chi connectivity index (χ2v) is 7.42. The number of benzene rings is 2. The molecular formula is C14H12Cl2N2O4S. The molecule has 0 aliphatic heterocycles. The van der Waals surface area contributed by atoms with Crippen molar-refractivity contribution < 1.29 is 17.9 Å². The molecule has 0 atom stereocenters. The van der Waals surface area contributed by atoms with Crippen molar-refractivity contribution in [2.24, 2.45) is 0 Å². The number of hydrogen-bond acceptors (Lipinski definition) is 4. The summed E-state index contributed by atoms with van der Waals surface area (Å²) in [5.41, 5.74) is 1.23. The maximum atomic E-state index is 11.7. The summed E-state index contributed by atoms with van der Waals surface area (Å²) in [5.74, 6) is 0. The van der Waals surface area contributed by atoms with Gasteiger partial charge in [0, 0.05) is 29.2 Å². The van der Waals surface area contributed by atoms with Gasteiger partial charge in [0.1, 0.15) is 6.61 Å². The van der Waals surface area contributed by atoms with E-state index in [1.54, 1.807) is 0 Å². The molecule has 0 heterocycles. The lowest BCUT2D eigenvalue weighted by atomic mass is 10.2. The van der Waals surface area contributed by atoms with Gasteiger partial charge in [-0.1, -0.05) is 30.3 Å². The van der Waals surface area contributed by atoms with Gasteiger partial charge in [0.05, 0.1) is 4.90 Å². The summed E-state index contributed by atoms with van der Waals surface area (Å²) in [6.45, 7) is 0.132.